The quantitative estimate of drug-likeness (QED) is 0.388. The number of hydrogen-bond donors (Lipinski definition) is 2. The zero-order valence-corrected chi connectivity index (χ0v) is 24.3. The van der Waals surface area contributed by atoms with Crippen molar-refractivity contribution in [1.29, 1.82) is 0 Å². The van der Waals surface area contributed by atoms with Gasteiger partial charge in [0.05, 0.1) is 25.2 Å². The Labute approximate surface area is 236 Å². The van der Waals surface area contributed by atoms with E-state index in [4.69, 9.17) is 25.1 Å². The van der Waals surface area contributed by atoms with Gasteiger partial charge in [0.2, 0.25) is 5.91 Å². The molecule has 0 aliphatic carbocycles. The Morgan fingerprint density at radius 1 is 1.20 bits per heavy atom. The summed E-state index contributed by atoms with van der Waals surface area (Å²) in [6.45, 7) is 7.99. The predicted octanol–water partition coefficient (Wildman–Crippen LogP) is 2.34. The number of amides is 1. The molecule has 0 atom stereocenters. The molecule has 1 saturated heterocycles. The molecule has 0 bridgehead atoms. The molecule has 0 saturated carbocycles. The van der Waals surface area contributed by atoms with Crippen molar-refractivity contribution in [3.8, 4) is 5.75 Å². The first-order valence-corrected chi connectivity index (χ1v) is 13.9. The van der Waals surface area contributed by atoms with Gasteiger partial charge in [-0.2, -0.15) is 0 Å². The minimum Gasteiger partial charge on any atom is -0.496 e. The number of para-hydroxylation sites is 1. The highest BCUT2D eigenvalue weighted by Gasteiger charge is 2.34. The highest BCUT2D eigenvalue weighted by atomic mass is 32.1. The van der Waals surface area contributed by atoms with E-state index in [0.29, 0.717) is 22.6 Å². The Morgan fingerprint density at radius 2 is 1.85 bits per heavy atom. The van der Waals surface area contributed by atoms with E-state index in [0.717, 1.165) is 47.5 Å². The normalized spacial score (nSPS) is 13.9. The van der Waals surface area contributed by atoms with Crippen LogP contribution in [-0.2, 0) is 32.8 Å². The van der Waals surface area contributed by atoms with Crippen molar-refractivity contribution >= 4 is 33.4 Å². The summed E-state index contributed by atoms with van der Waals surface area (Å²) in [5.41, 5.74) is 3.88. The fourth-order valence-corrected chi connectivity index (χ4v) is 5.58. The lowest BCUT2D eigenvalue weighted by Gasteiger charge is -2.24. The van der Waals surface area contributed by atoms with Gasteiger partial charge in [-0.1, -0.05) is 18.2 Å². The van der Waals surface area contributed by atoms with Gasteiger partial charge >= 0.3 is 11.7 Å². The van der Waals surface area contributed by atoms with Gasteiger partial charge in [0, 0.05) is 19.8 Å². The SMILES string of the molecule is CCOC(=O)c1sc2c(c1C)c(=O)n(C(C)(C)C(N)=O)c(=O)n2CCc1ccccc1OC.OC1CCOCC1. The molecule has 0 unspecified atom stereocenters. The van der Waals surface area contributed by atoms with Crippen molar-refractivity contribution in [2.45, 2.75) is 65.1 Å². The molecule has 3 heterocycles. The van der Waals surface area contributed by atoms with Crippen LogP contribution in [0.15, 0.2) is 33.9 Å². The summed E-state index contributed by atoms with van der Waals surface area (Å²) in [5, 5.41) is 9.02. The molecule has 2 aromatic heterocycles. The molecule has 1 amide bonds. The van der Waals surface area contributed by atoms with Gasteiger partial charge in [-0.3, -0.25) is 14.2 Å². The highest BCUT2D eigenvalue weighted by molar-refractivity contribution is 7.20. The Balaban J connectivity index is 0.000000547. The zero-order chi connectivity index (χ0) is 29.6. The van der Waals surface area contributed by atoms with E-state index in [2.05, 4.69) is 0 Å². The van der Waals surface area contributed by atoms with Gasteiger partial charge in [0.25, 0.3) is 5.56 Å². The Hall–Kier alpha value is -3.48. The summed E-state index contributed by atoms with van der Waals surface area (Å²) in [6, 6.07) is 7.41. The molecular weight excluding hydrogens is 538 g/mol. The van der Waals surface area contributed by atoms with E-state index in [1.165, 1.54) is 18.4 Å². The summed E-state index contributed by atoms with van der Waals surface area (Å²) in [4.78, 5) is 52.2. The second-order valence-electron chi connectivity index (χ2n) is 9.86. The predicted molar refractivity (Wildman–Crippen MR) is 152 cm³/mol. The summed E-state index contributed by atoms with van der Waals surface area (Å²) in [7, 11) is 1.56. The van der Waals surface area contributed by atoms with Crippen LogP contribution in [0.1, 0.15) is 54.4 Å². The number of thiophene rings is 1. The topological polar surface area (TPSA) is 152 Å². The van der Waals surface area contributed by atoms with Crippen LogP contribution in [0.5, 0.6) is 5.75 Å². The molecule has 3 N–H and O–H groups in total. The van der Waals surface area contributed by atoms with Crippen molar-refractivity contribution in [2.24, 2.45) is 5.73 Å². The number of rotatable bonds is 8. The van der Waals surface area contributed by atoms with Gasteiger partial charge < -0.3 is 25.1 Å². The number of nitrogens with two attached hydrogens (primary N) is 1. The number of aliphatic hydroxyl groups is 1. The maximum Gasteiger partial charge on any atom is 0.348 e. The third-order valence-electron chi connectivity index (χ3n) is 6.82. The largest absolute Gasteiger partial charge is 0.496 e. The third kappa shape index (κ3) is 6.45. The van der Waals surface area contributed by atoms with E-state index in [-0.39, 0.29) is 29.5 Å². The van der Waals surface area contributed by atoms with E-state index in [1.54, 1.807) is 21.0 Å². The average molecular weight is 576 g/mol. The van der Waals surface area contributed by atoms with Gasteiger partial charge in [0.15, 0.2) is 0 Å². The molecular formula is C28H37N3O8S. The molecule has 218 valence electrons. The summed E-state index contributed by atoms with van der Waals surface area (Å²) >= 11 is 1.03. The van der Waals surface area contributed by atoms with Crippen LogP contribution >= 0.6 is 11.3 Å². The number of benzene rings is 1. The van der Waals surface area contributed by atoms with Crippen LogP contribution in [0.25, 0.3) is 10.2 Å². The van der Waals surface area contributed by atoms with Crippen LogP contribution in [-0.4, -0.2) is 59.2 Å². The van der Waals surface area contributed by atoms with Crippen LogP contribution in [0.3, 0.4) is 0 Å². The number of nitrogens with zero attached hydrogens (tertiary/aromatic N) is 2. The number of esters is 1. The van der Waals surface area contributed by atoms with Crippen LogP contribution in [0.4, 0.5) is 0 Å². The molecule has 3 aromatic rings. The van der Waals surface area contributed by atoms with Gasteiger partial charge in [-0.05, 0) is 64.2 Å². The van der Waals surface area contributed by atoms with Crippen LogP contribution in [0.2, 0.25) is 0 Å². The summed E-state index contributed by atoms with van der Waals surface area (Å²) in [5.74, 6) is -0.724. The number of aryl methyl sites for hydroxylation is 3. The number of methoxy groups -OCH3 is 1. The first-order chi connectivity index (χ1) is 18.9. The number of fused-ring (bicyclic) bond motifs is 1. The lowest BCUT2D eigenvalue weighted by atomic mass is 10.0. The number of primary amides is 1. The molecule has 1 fully saturated rings. The first kappa shape index (κ1) is 31.1. The molecule has 40 heavy (non-hydrogen) atoms. The maximum atomic E-state index is 13.5. The summed E-state index contributed by atoms with van der Waals surface area (Å²) < 4.78 is 17.8. The Bertz CT molecular complexity index is 1480. The third-order valence-corrected chi connectivity index (χ3v) is 8.12. The molecule has 12 heteroatoms. The number of ether oxygens (including phenoxy) is 3. The van der Waals surface area contributed by atoms with Gasteiger partial charge in [-0.25, -0.2) is 14.2 Å². The Morgan fingerprint density at radius 3 is 2.40 bits per heavy atom. The fourth-order valence-electron chi connectivity index (χ4n) is 4.37. The second-order valence-corrected chi connectivity index (χ2v) is 10.9. The van der Waals surface area contributed by atoms with E-state index >= 15 is 0 Å². The molecule has 0 radical (unpaired) electrons. The van der Waals surface area contributed by atoms with E-state index in [1.807, 2.05) is 24.3 Å². The Kier molecular flexibility index (Phi) is 10.3. The summed E-state index contributed by atoms with van der Waals surface area (Å²) in [6.07, 6.45) is 1.97. The molecule has 1 aliphatic rings. The number of carbonyl (C=O) groups is 2. The average Bonchev–Trinajstić information content (AvgIpc) is 3.26. The van der Waals surface area contributed by atoms with E-state index < -0.39 is 28.7 Å². The highest BCUT2D eigenvalue weighted by Crippen LogP contribution is 2.30. The lowest BCUT2D eigenvalue weighted by Crippen LogP contribution is -2.54. The van der Waals surface area contributed by atoms with Gasteiger partial charge in [0.1, 0.15) is 21.0 Å². The van der Waals surface area contributed by atoms with Crippen molar-refractivity contribution in [3.05, 3.63) is 61.1 Å². The molecule has 11 nitrogen and oxygen atoms in total. The van der Waals surface area contributed by atoms with E-state index in [9.17, 15) is 19.2 Å². The van der Waals surface area contributed by atoms with Crippen molar-refractivity contribution in [2.75, 3.05) is 26.9 Å². The smallest absolute Gasteiger partial charge is 0.348 e. The van der Waals surface area contributed by atoms with Gasteiger partial charge in [-0.15, -0.1) is 11.3 Å². The second kappa shape index (κ2) is 13.2. The zero-order valence-electron chi connectivity index (χ0n) is 23.5. The number of aromatic nitrogens is 2. The molecule has 1 aliphatic heterocycles. The van der Waals surface area contributed by atoms with Crippen molar-refractivity contribution in [1.82, 2.24) is 9.13 Å². The minimum atomic E-state index is -1.58. The fraction of sp³-hybridized carbons (Fsp3) is 0.500. The monoisotopic (exact) mass is 575 g/mol. The molecule has 0 spiro atoms. The first-order valence-electron chi connectivity index (χ1n) is 13.1. The van der Waals surface area contributed by atoms with Crippen molar-refractivity contribution in [3.63, 3.8) is 0 Å². The lowest BCUT2D eigenvalue weighted by molar-refractivity contribution is -0.125. The van der Waals surface area contributed by atoms with Crippen LogP contribution in [0, 0.1) is 6.92 Å². The standard InChI is InChI=1S/C23H27N3O6S.C5H10O2/c1-6-32-20(28)17-13(2)16-18(27)26(23(3,4)21(24)29)22(30)25(19(16)33-17)12-11-14-9-7-8-10-15(14)31-5;6-5-1-3-7-4-2-5/h7-10H,6,11-12H2,1-5H3,(H2,24,29);5-6H,1-4H2. The molecule has 1 aromatic carbocycles. The number of hydrogen-bond acceptors (Lipinski definition) is 9. The number of aliphatic hydroxyl groups excluding tert-OH is 1. The van der Waals surface area contributed by atoms with Crippen LogP contribution < -0.4 is 21.7 Å². The number of carbonyl (C=O) groups excluding carboxylic acids is 2. The molecule has 4 rings (SSSR count). The maximum absolute atomic E-state index is 13.5. The minimum absolute atomic E-state index is 0.0891. The van der Waals surface area contributed by atoms with Crippen molar-refractivity contribution < 1.29 is 28.9 Å².